The van der Waals surface area contributed by atoms with Crippen molar-refractivity contribution in [2.24, 2.45) is 0 Å². The molecule has 1 aliphatic heterocycles. The summed E-state index contributed by atoms with van der Waals surface area (Å²) in [5, 5.41) is 9.32. The van der Waals surface area contributed by atoms with Crippen molar-refractivity contribution in [3.05, 3.63) is 47.5 Å². The van der Waals surface area contributed by atoms with Crippen molar-refractivity contribution >= 4 is 16.0 Å². The van der Waals surface area contributed by atoms with E-state index < -0.39 is 20.7 Å². The second kappa shape index (κ2) is 8.96. The molecule has 0 atom stereocenters. The fraction of sp³-hybridized carbons (Fsp3) is 0.478. The number of benzene rings is 1. The Labute approximate surface area is 184 Å². The van der Waals surface area contributed by atoms with E-state index in [1.807, 2.05) is 31.2 Å². The molecule has 1 aliphatic rings. The number of piperidine rings is 1. The van der Waals surface area contributed by atoms with E-state index >= 15 is 0 Å². The average Bonchev–Trinajstić information content (AvgIpc) is 2.74. The van der Waals surface area contributed by atoms with Gasteiger partial charge >= 0.3 is 5.97 Å². The number of hydrogen-bond acceptors (Lipinski definition) is 5. The number of pyridine rings is 1. The number of carboxylic acid groups (broad SMARTS) is 1. The molecule has 1 N–H and O–H groups in total. The number of rotatable bonds is 7. The standard InChI is InChI=1S/C23H30N2O5S/c1-5-30-21-8-6-7-20(24-21)18-9-10-19(16(2)15-18)17-11-13-25(14-12-17)31(28,29)23(3,4)22(26)27/h6-10,15,17H,5,11-14H2,1-4H3,(H,26,27). The van der Waals surface area contributed by atoms with Gasteiger partial charge in [-0.3, -0.25) is 4.79 Å². The number of ether oxygens (including phenoxy) is 1. The summed E-state index contributed by atoms with van der Waals surface area (Å²) in [6.07, 6.45) is 1.32. The third kappa shape index (κ3) is 4.60. The zero-order chi connectivity index (χ0) is 22.8. The molecule has 0 saturated carbocycles. The first-order chi connectivity index (χ1) is 14.6. The zero-order valence-corrected chi connectivity index (χ0v) is 19.3. The molecule has 0 bridgehead atoms. The number of sulfonamides is 1. The first kappa shape index (κ1) is 23.2. The number of carbonyl (C=O) groups is 1. The minimum atomic E-state index is -3.91. The fourth-order valence-electron chi connectivity index (χ4n) is 3.94. The van der Waals surface area contributed by atoms with Crippen LogP contribution in [0.15, 0.2) is 36.4 Å². The molecule has 1 saturated heterocycles. The lowest BCUT2D eigenvalue weighted by molar-refractivity contribution is -0.139. The van der Waals surface area contributed by atoms with E-state index in [1.165, 1.54) is 23.7 Å². The van der Waals surface area contributed by atoms with Crippen LogP contribution in [-0.4, -0.2) is 53.2 Å². The first-order valence-electron chi connectivity index (χ1n) is 10.5. The second-order valence-electron chi connectivity index (χ2n) is 8.36. The van der Waals surface area contributed by atoms with Crippen molar-refractivity contribution in [1.82, 2.24) is 9.29 Å². The van der Waals surface area contributed by atoms with Crippen molar-refractivity contribution in [2.45, 2.75) is 51.2 Å². The Kier molecular flexibility index (Phi) is 6.71. The van der Waals surface area contributed by atoms with Crippen LogP contribution >= 0.6 is 0 Å². The highest BCUT2D eigenvalue weighted by Crippen LogP contribution is 2.35. The average molecular weight is 447 g/mol. The number of aryl methyl sites for hydroxylation is 1. The van der Waals surface area contributed by atoms with Gasteiger partial charge in [-0.1, -0.05) is 18.2 Å². The Morgan fingerprint density at radius 3 is 2.48 bits per heavy atom. The maximum absolute atomic E-state index is 12.8. The van der Waals surface area contributed by atoms with Crippen LogP contribution < -0.4 is 4.74 Å². The summed E-state index contributed by atoms with van der Waals surface area (Å²) in [6, 6.07) is 11.9. The van der Waals surface area contributed by atoms with Crippen molar-refractivity contribution in [3.63, 3.8) is 0 Å². The van der Waals surface area contributed by atoms with Crippen molar-refractivity contribution in [1.29, 1.82) is 0 Å². The molecule has 1 aromatic carbocycles. The number of hydrogen-bond donors (Lipinski definition) is 1. The lowest BCUT2D eigenvalue weighted by atomic mass is 9.86. The largest absolute Gasteiger partial charge is 0.480 e. The van der Waals surface area contributed by atoms with Gasteiger partial charge in [0.1, 0.15) is 0 Å². The summed E-state index contributed by atoms with van der Waals surface area (Å²) in [4.78, 5) is 16.0. The molecule has 1 aromatic heterocycles. The van der Waals surface area contributed by atoms with E-state index in [4.69, 9.17) is 4.74 Å². The van der Waals surface area contributed by atoms with Crippen molar-refractivity contribution in [2.75, 3.05) is 19.7 Å². The number of aliphatic carboxylic acids is 1. The van der Waals surface area contributed by atoms with Gasteiger partial charge in [0, 0.05) is 24.7 Å². The van der Waals surface area contributed by atoms with Crippen LogP contribution in [-0.2, 0) is 14.8 Å². The molecular weight excluding hydrogens is 416 g/mol. The SMILES string of the molecule is CCOc1cccc(-c2ccc(C3CCN(S(=O)(=O)C(C)(C)C(=O)O)CC3)c(C)c2)n1. The van der Waals surface area contributed by atoms with Crippen LogP contribution in [0, 0.1) is 6.92 Å². The Morgan fingerprint density at radius 1 is 1.23 bits per heavy atom. The number of aromatic nitrogens is 1. The van der Waals surface area contributed by atoms with Gasteiger partial charge in [-0.05, 0) is 69.7 Å². The van der Waals surface area contributed by atoms with Gasteiger partial charge < -0.3 is 9.84 Å². The lowest BCUT2D eigenvalue weighted by Crippen LogP contribution is -2.51. The van der Waals surface area contributed by atoms with Crippen LogP contribution in [0.25, 0.3) is 11.3 Å². The van der Waals surface area contributed by atoms with Gasteiger partial charge in [0.2, 0.25) is 15.9 Å². The van der Waals surface area contributed by atoms with E-state index in [1.54, 1.807) is 0 Å². The molecule has 0 spiro atoms. The third-order valence-electron chi connectivity index (χ3n) is 5.97. The molecule has 7 nitrogen and oxygen atoms in total. The molecular formula is C23H30N2O5S. The highest BCUT2D eigenvalue weighted by atomic mass is 32.2. The van der Waals surface area contributed by atoms with E-state index in [2.05, 4.69) is 24.0 Å². The molecule has 3 rings (SSSR count). The molecule has 168 valence electrons. The molecule has 8 heteroatoms. The van der Waals surface area contributed by atoms with Crippen LogP contribution in [0.4, 0.5) is 0 Å². The van der Waals surface area contributed by atoms with Crippen LogP contribution in [0.3, 0.4) is 0 Å². The van der Waals surface area contributed by atoms with E-state index in [-0.39, 0.29) is 5.92 Å². The fourth-order valence-corrected chi connectivity index (χ4v) is 5.49. The maximum Gasteiger partial charge on any atom is 0.325 e. The molecule has 1 fully saturated rings. The molecule has 2 heterocycles. The summed E-state index contributed by atoms with van der Waals surface area (Å²) in [7, 11) is -3.91. The van der Waals surface area contributed by atoms with Crippen LogP contribution in [0.1, 0.15) is 50.7 Å². The van der Waals surface area contributed by atoms with E-state index in [9.17, 15) is 18.3 Å². The normalized spacial score (nSPS) is 16.3. The van der Waals surface area contributed by atoms with Crippen molar-refractivity contribution in [3.8, 4) is 17.1 Å². The first-order valence-corrected chi connectivity index (χ1v) is 12.0. The number of nitrogens with zero attached hydrogens (tertiary/aromatic N) is 2. The quantitative estimate of drug-likeness (QED) is 0.694. The van der Waals surface area contributed by atoms with E-state index in [0.29, 0.717) is 38.4 Å². The predicted octanol–water partition coefficient (Wildman–Crippen LogP) is 3.83. The van der Waals surface area contributed by atoms with Gasteiger partial charge in [0.05, 0.1) is 12.3 Å². The molecule has 31 heavy (non-hydrogen) atoms. The highest BCUT2D eigenvalue weighted by Gasteiger charge is 2.46. The Hall–Kier alpha value is -2.45. The van der Waals surface area contributed by atoms with Gasteiger partial charge in [-0.15, -0.1) is 0 Å². The Morgan fingerprint density at radius 2 is 1.90 bits per heavy atom. The Balaban J connectivity index is 1.74. The minimum Gasteiger partial charge on any atom is -0.480 e. The van der Waals surface area contributed by atoms with Crippen LogP contribution in [0.2, 0.25) is 0 Å². The van der Waals surface area contributed by atoms with Crippen LogP contribution in [0.5, 0.6) is 5.88 Å². The molecule has 0 aliphatic carbocycles. The van der Waals surface area contributed by atoms with E-state index in [0.717, 1.165) is 16.8 Å². The summed E-state index contributed by atoms with van der Waals surface area (Å²) in [5.41, 5.74) is 4.18. The van der Waals surface area contributed by atoms with Gasteiger partial charge in [0.15, 0.2) is 4.75 Å². The summed E-state index contributed by atoms with van der Waals surface area (Å²) >= 11 is 0. The minimum absolute atomic E-state index is 0.233. The van der Waals surface area contributed by atoms with Gasteiger partial charge in [-0.25, -0.2) is 17.7 Å². The van der Waals surface area contributed by atoms with Gasteiger partial charge in [0.25, 0.3) is 0 Å². The molecule has 0 amide bonds. The monoisotopic (exact) mass is 446 g/mol. The summed E-state index contributed by atoms with van der Waals surface area (Å²) in [5.74, 6) is -0.501. The second-order valence-corrected chi connectivity index (χ2v) is 10.8. The summed E-state index contributed by atoms with van der Waals surface area (Å²) < 4.78 is 30.5. The Bertz CT molecular complexity index is 1060. The lowest BCUT2D eigenvalue weighted by Gasteiger charge is -2.35. The number of carboxylic acids is 1. The zero-order valence-electron chi connectivity index (χ0n) is 18.5. The van der Waals surface area contributed by atoms with Gasteiger partial charge in [-0.2, -0.15) is 0 Å². The third-order valence-corrected chi connectivity index (χ3v) is 8.48. The smallest absolute Gasteiger partial charge is 0.325 e. The molecule has 2 aromatic rings. The molecule has 0 unspecified atom stereocenters. The van der Waals surface area contributed by atoms with Crippen molar-refractivity contribution < 1.29 is 23.1 Å². The molecule has 0 radical (unpaired) electrons. The predicted molar refractivity (Wildman–Crippen MR) is 120 cm³/mol. The topological polar surface area (TPSA) is 96.8 Å². The maximum atomic E-state index is 12.8. The summed E-state index contributed by atoms with van der Waals surface area (Å²) in [6.45, 7) is 7.68. The highest BCUT2D eigenvalue weighted by molar-refractivity contribution is 7.91.